The summed E-state index contributed by atoms with van der Waals surface area (Å²) < 4.78 is 5.00. The summed E-state index contributed by atoms with van der Waals surface area (Å²) in [7, 11) is 0. The average molecular weight is 413 g/mol. The van der Waals surface area contributed by atoms with E-state index in [9.17, 15) is 24.0 Å². The zero-order chi connectivity index (χ0) is 21.7. The molecule has 3 atom stereocenters. The van der Waals surface area contributed by atoms with Crippen molar-refractivity contribution in [3.8, 4) is 0 Å². The summed E-state index contributed by atoms with van der Waals surface area (Å²) in [5.41, 5.74) is 0.857. The first-order chi connectivity index (χ1) is 14.4. The molecule has 30 heavy (non-hydrogen) atoms. The van der Waals surface area contributed by atoms with E-state index in [-0.39, 0.29) is 6.54 Å². The van der Waals surface area contributed by atoms with Crippen LogP contribution in [0.4, 0.5) is 4.79 Å². The number of imide groups is 2. The van der Waals surface area contributed by atoms with Crippen LogP contribution < -0.4 is 10.6 Å². The van der Waals surface area contributed by atoms with Gasteiger partial charge < -0.3 is 10.1 Å². The first kappa shape index (κ1) is 21.2. The molecule has 9 heteroatoms. The minimum Gasteiger partial charge on any atom is -0.451 e. The van der Waals surface area contributed by atoms with Crippen LogP contribution in [-0.2, 0) is 30.5 Å². The highest BCUT2D eigenvalue weighted by Crippen LogP contribution is 2.34. The van der Waals surface area contributed by atoms with Gasteiger partial charge in [-0.1, -0.05) is 42.5 Å². The lowest BCUT2D eigenvalue weighted by Crippen LogP contribution is -2.45. The molecule has 0 aromatic heterocycles. The lowest BCUT2D eigenvalue weighted by molar-refractivity contribution is -0.159. The SMILES string of the molecule is C[C@@H](OC(=O)CN1C(=O)[C@H]2CC=CC[C@@H]2C1=O)C(=O)NC(=O)NCc1ccccc1. The minimum atomic E-state index is -1.27. The first-order valence-corrected chi connectivity index (χ1v) is 9.69. The first-order valence-electron chi connectivity index (χ1n) is 9.69. The number of likely N-dealkylation sites (tertiary alicyclic amines) is 1. The number of rotatable bonds is 6. The van der Waals surface area contributed by atoms with Crippen molar-refractivity contribution in [3.05, 3.63) is 48.0 Å². The topological polar surface area (TPSA) is 122 Å². The summed E-state index contributed by atoms with van der Waals surface area (Å²) in [6.07, 6.45) is 3.37. The average Bonchev–Trinajstić information content (AvgIpc) is 2.98. The van der Waals surface area contributed by atoms with Crippen LogP contribution in [0.5, 0.6) is 0 Å². The molecule has 0 saturated carbocycles. The van der Waals surface area contributed by atoms with Crippen LogP contribution in [0.15, 0.2) is 42.5 Å². The number of hydrogen-bond donors (Lipinski definition) is 2. The largest absolute Gasteiger partial charge is 0.451 e. The zero-order valence-corrected chi connectivity index (χ0v) is 16.5. The lowest BCUT2D eigenvalue weighted by Gasteiger charge is -2.17. The van der Waals surface area contributed by atoms with Gasteiger partial charge in [-0.05, 0) is 25.3 Å². The van der Waals surface area contributed by atoms with Gasteiger partial charge in [0.05, 0.1) is 11.8 Å². The number of urea groups is 1. The fraction of sp³-hybridized carbons (Fsp3) is 0.381. The number of amides is 5. The third-order valence-electron chi connectivity index (χ3n) is 5.10. The van der Waals surface area contributed by atoms with Crippen molar-refractivity contribution in [2.24, 2.45) is 11.8 Å². The highest BCUT2D eigenvalue weighted by atomic mass is 16.5. The number of fused-ring (bicyclic) bond motifs is 1. The summed E-state index contributed by atoms with van der Waals surface area (Å²) in [5, 5.41) is 4.61. The Hall–Kier alpha value is -3.49. The Morgan fingerprint density at radius 1 is 1.07 bits per heavy atom. The molecule has 1 saturated heterocycles. The Morgan fingerprint density at radius 3 is 2.27 bits per heavy atom. The normalized spacial score (nSPS) is 21.0. The third-order valence-corrected chi connectivity index (χ3v) is 5.10. The van der Waals surface area contributed by atoms with Gasteiger partial charge in [0.1, 0.15) is 6.54 Å². The Kier molecular flexibility index (Phi) is 6.61. The van der Waals surface area contributed by atoms with Crippen LogP contribution in [0, 0.1) is 11.8 Å². The zero-order valence-electron chi connectivity index (χ0n) is 16.5. The number of nitrogens with one attached hydrogen (secondary N) is 2. The van der Waals surface area contributed by atoms with Gasteiger partial charge in [-0.15, -0.1) is 0 Å². The molecule has 1 aliphatic carbocycles. The standard InChI is InChI=1S/C21H23N3O6/c1-13(18(26)23-21(29)22-11-14-7-3-2-4-8-14)30-17(25)12-24-19(27)15-9-5-6-10-16(15)20(24)28/h2-8,13,15-16H,9-12H2,1H3,(H2,22,23,26,29)/t13-,15+,16+/m1/s1. The predicted octanol–water partition coefficient (Wildman–Crippen LogP) is 0.895. The summed E-state index contributed by atoms with van der Waals surface area (Å²) >= 11 is 0. The van der Waals surface area contributed by atoms with Crippen LogP contribution in [0.25, 0.3) is 0 Å². The summed E-state index contributed by atoms with van der Waals surface area (Å²) in [6.45, 7) is 0.974. The Morgan fingerprint density at radius 2 is 1.67 bits per heavy atom. The van der Waals surface area contributed by atoms with Gasteiger partial charge in [0, 0.05) is 6.54 Å². The number of carbonyl (C=O) groups excluding carboxylic acids is 5. The second-order valence-electron chi connectivity index (χ2n) is 7.21. The van der Waals surface area contributed by atoms with Gasteiger partial charge in [0.15, 0.2) is 6.10 Å². The molecular formula is C21H23N3O6. The Balaban J connectivity index is 1.44. The molecule has 1 aromatic carbocycles. The van der Waals surface area contributed by atoms with Crippen molar-refractivity contribution in [2.45, 2.75) is 32.4 Å². The lowest BCUT2D eigenvalue weighted by atomic mass is 9.85. The highest BCUT2D eigenvalue weighted by molar-refractivity contribution is 6.07. The van der Waals surface area contributed by atoms with Gasteiger partial charge in [-0.2, -0.15) is 0 Å². The van der Waals surface area contributed by atoms with Crippen LogP contribution in [0.1, 0.15) is 25.3 Å². The maximum absolute atomic E-state index is 12.4. The molecular weight excluding hydrogens is 390 g/mol. The molecule has 5 amide bonds. The summed E-state index contributed by atoms with van der Waals surface area (Å²) in [6, 6.07) is 8.40. The monoisotopic (exact) mass is 413 g/mol. The van der Waals surface area contributed by atoms with Crippen molar-refractivity contribution in [1.82, 2.24) is 15.5 Å². The summed E-state index contributed by atoms with van der Waals surface area (Å²) in [4.78, 5) is 61.7. The molecule has 1 fully saturated rings. The van der Waals surface area contributed by atoms with E-state index in [2.05, 4.69) is 10.6 Å². The quantitative estimate of drug-likeness (QED) is 0.406. The number of carbonyl (C=O) groups is 5. The van der Waals surface area contributed by atoms with Gasteiger partial charge >= 0.3 is 12.0 Å². The van der Waals surface area contributed by atoms with Crippen molar-refractivity contribution >= 4 is 29.7 Å². The molecule has 0 radical (unpaired) electrons. The number of ether oxygens (including phenoxy) is 1. The maximum Gasteiger partial charge on any atom is 0.326 e. The van der Waals surface area contributed by atoms with Crippen LogP contribution >= 0.6 is 0 Å². The molecule has 1 aromatic rings. The molecule has 1 heterocycles. The summed E-state index contributed by atoms with van der Waals surface area (Å²) in [5.74, 6) is -3.39. The fourth-order valence-corrected chi connectivity index (χ4v) is 3.48. The number of esters is 1. The number of nitrogens with zero attached hydrogens (tertiary/aromatic N) is 1. The van der Waals surface area contributed by atoms with Crippen LogP contribution in [-0.4, -0.2) is 47.3 Å². The Bertz CT molecular complexity index is 856. The van der Waals surface area contributed by atoms with Gasteiger partial charge in [0.25, 0.3) is 5.91 Å². The van der Waals surface area contributed by atoms with Crippen LogP contribution in [0.3, 0.4) is 0 Å². The molecule has 2 N–H and O–H groups in total. The van der Waals surface area contributed by atoms with Crippen LogP contribution in [0.2, 0.25) is 0 Å². The van der Waals surface area contributed by atoms with Gasteiger partial charge in [-0.3, -0.25) is 29.4 Å². The van der Waals surface area contributed by atoms with Gasteiger partial charge in [0.2, 0.25) is 11.8 Å². The second kappa shape index (κ2) is 9.34. The Labute approximate surface area is 173 Å². The maximum atomic E-state index is 12.4. The van der Waals surface area contributed by atoms with Crippen molar-refractivity contribution in [3.63, 3.8) is 0 Å². The molecule has 2 aliphatic rings. The van der Waals surface area contributed by atoms with Gasteiger partial charge in [-0.25, -0.2) is 4.79 Å². The van der Waals surface area contributed by atoms with E-state index in [1.165, 1.54) is 6.92 Å². The number of hydrogen-bond acceptors (Lipinski definition) is 6. The van der Waals surface area contributed by atoms with E-state index in [0.29, 0.717) is 12.8 Å². The molecule has 0 spiro atoms. The molecule has 3 rings (SSSR count). The fourth-order valence-electron chi connectivity index (χ4n) is 3.48. The molecule has 0 bridgehead atoms. The number of benzene rings is 1. The molecule has 1 aliphatic heterocycles. The number of allylic oxidation sites excluding steroid dienone is 2. The van der Waals surface area contributed by atoms with Crippen molar-refractivity contribution in [1.29, 1.82) is 0 Å². The molecule has 9 nitrogen and oxygen atoms in total. The molecule has 158 valence electrons. The van der Waals surface area contributed by atoms with E-state index >= 15 is 0 Å². The molecule has 0 unspecified atom stereocenters. The van der Waals surface area contributed by atoms with E-state index in [1.807, 2.05) is 42.5 Å². The van der Waals surface area contributed by atoms with Crippen molar-refractivity contribution in [2.75, 3.05) is 6.54 Å². The minimum absolute atomic E-state index is 0.227. The van der Waals surface area contributed by atoms with Crippen molar-refractivity contribution < 1.29 is 28.7 Å². The smallest absolute Gasteiger partial charge is 0.326 e. The highest BCUT2D eigenvalue weighted by Gasteiger charge is 2.47. The van der Waals surface area contributed by atoms with E-state index in [4.69, 9.17) is 4.74 Å². The van der Waals surface area contributed by atoms with E-state index < -0.39 is 54.2 Å². The van der Waals surface area contributed by atoms with E-state index in [1.54, 1.807) is 0 Å². The predicted molar refractivity (Wildman–Crippen MR) is 104 cm³/mol. The second-order valence-corrected chi connectivity index (χ2v) is 7.21. The third kappa shape index (κ3) is 4.91. The van der Waals surface area contributed by atoms with E-state index in [0.717, 1.165) is 10.5 Å².